The van der Waals surface area contributed by atoms with Crippen LogP contribution < -0.4 is 5.32 Å². The standard InChI is InChI=1S/C14H19N3S/c1-4-18-12-7-5-11(6-8-12)14-16-9-13(17-14)10(2)15-3/h5-10,15H,4H2,1-3H3,(H,16,17). The first-order chi connectivity index (χ1) is 8.74. The topological polar surface area (TPSA) is 40.7 Å². The fraction of sp³-hybridized carbons (Fsp3) is 0.357. The van der Waals surface area contributed by atoms with Crippen LogP contribution >= 0.6 is 11.8 Å². The number of benzene rings is 1. The molecule has 1 heterocycles. The largest absolute Gasteiger partial charge is 0.341 e. The molecule has 1 atom stereocenters. The molecule has 18 heavy (non-hydrogen) atoms. The average molecular weight is 261 g/mol. The lowest BCUT2D eigenvalue weighted by Crippen LogP contribution is -2.12. The van der Waals surface area contributed by atoms with Gasteiger partial charge in [-0.25, -0.2) is 4.98 Å². The summed E-state index contributed by atoms with van der Waals surface area (Å²) in [6, 6.07) is 8.82. The van der Waals surface area contributed by atoms with Gasteiger partial charge in [0.1, 0.15) is 5.82 Å². The van der Waals surface area contributed by atoms with Gasteiger partial charge in [0.2, 0.25) is 0 Å². The van der Waals surface area contributed by atoms with Crippen molar-refractivity contribution in [2.24, 2.45) is 0 Å². The third kappa shape index (κ3) is 2.94. The molecule has 4 heteroatoms. The summed E-state index contributed by atoms with van der Waals surface area (Å²) < 4.78 is 0. The van der Waals surface area contributed by atoms with Crippen LogP contribution in [0.4, 0.5) is 0 Å². The summed E-state index contributed by atoms with van der Waals surface area (Å²) in [7, 11) is 1.95. The van der Waals surface area contributed by atoms with Crippen molar-refractivity contribution in [1.82, 2.24) is 15.3 Å². The van der Waals surface area contributed by atoms with Gasteiger partial charge in [0, 0.05) is 16.5 Å². The summed E-state index contributed by atoms with van der Waals surface area (Å²) in [4.78, 5) is 9.08. The molecule has 1 unspecified atom stereocenters. The highest BCUT2D eigenvalue weighted by atomic mass is 32.2. The van der Waals surface area contributed by atoms with Gasteiger partial charge in [0.05, 0.1) is 11.9 Å². The highest BCUT2D eigenvalue weighted by Crippen LogP contribution is 2.23. The van der Waals surface area contributed by atoms with E-state index in [2.05, 4.69) is 53.4 Å². The Morgan fingerprint density at radius 2 is 2.06 bits per heavy atom. The number of imidazole rings is 1. The van der Waals surface area contributed by atoms with E-state index in [1.807, 2.05) is 25.0 Å². The lowest BCUT2D eigenvalue weighted by atomic mass is 10.2. The normalized spacial score (nSPS) is 12.6. The molecule has 0 amide bonds. The molecular formula is C14H19N3S. The zero-order valence-corrected chi connectivity index (χ0v) is 11.8. The first kappa shape index (κ1) is 13.2. The first-order valence-electron chi connectivity index (χ1n) is 6.20. The molecule has 0 saturated carbocycles. The summed E-state index contributed by atoms with van der Waals surface area (Å²) >= 11 is 1.85. The SMILES string of the molecule is CCSc1ccc(-c2ncc(C(C)NC)[nH]2)cc1. The van der Waals surface area contributed by atoms with E-state index in [1.54, 1.807) is 0 Å². The van der Waals surface area contributed by atoms with Crippen LogP contribution in [0, 0.1) is 0 Å². The van der Waals surface area contributed by atoms with Gasteiger partial charge in [-0.2, -0.15) is 0 Å². The fourth-order valence-electron chi connectivity index (χ4n) is 1.73. The van der Waals surface area contributed by atoms with Crippen LogP contribution in [0.3, 0.4) is 0 Å². The van der Waals surface area contributed by atoms with Crippen molar-refractivity contribution in [2.75, 3.05) is 12.8 Å². The van der Waals surface area contributed by atoms with E-state index >= 15 is 0 Å². The molecule has 1 aromatic heterocycles. The van der Waals surface area contributed by atoms with Crippen molar-refractivity contribution in [3.05, 3.63) is 36.2 Å². The number of hydrogen-bond acceptors (Lipinski definition) is 3. The molecule has 0 fully saturated rings. The number of aromatic amines is 1. The molecule has 0 aliphatic carbocycles. The summed E-state index contributed by atoms with van der Waals surface area (Å²) in [6.45, 7) is 4.27. The van der Waals surface area contributed by atoms with Crippen molar-refractivity contribution >= 4 is 11.8 Å². The Labute approximate surface area is 112 Å². The number of hydrogen-bond donors (Lipinski definition) is 2. The smallest absolute Gasteiger partial charge is 0.137 e. The number of nitrogens with zero attached hydrogens (tertiary/aromatic N) is 1. The lowest BCUT2D eigenvalue weighted by Gasteiger charge is -2.06. The third-order valence-electron chi connectivity index (χ3n) is 2.93. The number of aromatic nitrogens is 2. The molecule has 0 aliphatic rings. The zero-order chi connectivity index (χ0) is 13.0. The quantitative estimate of drug-likeness (QED) is 0.810. The van der Waals surface area contributed by atoms with Gasteiger partial charge >= 0.3 is 0 Å². The molecule has 2 N–H and O–H groups in total. The van der Waals surface area contributed by atoms with Crippen molar-refractivity contribution in [2.45, 2.75) is 24.8 Å². The minimum atomic E-state index is 0.293. The summed E-state index contributed by atoms with van der Waals surface area (Å²) in [5.41, 5.74) is 2.24. The second-order valence-electron chi connectivity index (χ2n) is 4.15. The van der Waals surface area contributed by atoms with E-state index in [4.69, 9.17) is 0 Å². The van der Waals surface area contributed by atoms with Crippen LogP contribution in [0.15, 0.2) is 35.4 Å². The maximum Gasteiger partial charge on any atom is 0.137 e. The Hall–Kier alpha value is -1.26. The van der Waals surface area contributed by atoms with Crippen LogP contribution in [0.5, 0.6) is 0 Å². The Kier molecular flexibility index (Phi) is 4.44. The molecule has 0 bridgehead atoms. The summed E-state index contributed by atoms with van der Waals surface area (Å²) in [5, 5.41) is 3.20. The molecule has 3 nitrogen and oxygen atoms in total. The second kappa shape index (κ2) is 6.07. The molecule has 1 aromatic carbocycles. The molecular weight excluding hydrogens is 242 g/mol. The van der Waals surface area contributed by atoms with Crippen LogP contribution in [0.25, 0.3) is 11.4 Å². The molecule has 2 rings (SSSR count). The van der Waals surface area contributed by atoms with Gasteiger partial charge in [-0.05, 0) is 31.9 Å². The highest BCUT2D eigenvalue weighted by Gasteiger charge is 2.08. The number of nitrogens with one attached hydrogen (secondary N) is 2. The van der Waals surface area contributed by atoms with Crippen LogP contribution in [-0.4, -0.2) is 22.8 Å². The van der Waals surface area contributed by atoms with E-state index in [1.165, 1.54) is 4.90 Å². The van der Waals surface area contributed by atoms with Crippen LogP contribution in [0.2, 0.25) is 0 Å². The number of H-pyrrole nitrogens is 1. The van der Waals surface area contributed by atoms with Gasteiger partial charge in [-0.15, -0.1) is 11.8 Å². The fourth-order valence-corrected chi connectivity index (χ4v) is 2.40. The molecule has 0 spiro atoms. The predicted octanol–water partition coefficient (Wildman–Crippen LogP) is 3.47. The third-order valence-corrected chi connectivity index (χ3v) is 3.83. The van der Waals surface area contributed by atoms with E-state index in [0.717, 1.165) is 22.8 Å². The maximum absolute atomic E-state index is 4.43. The van der Waals surface area contributed by atoms with Gasteiger partial charge in [0.25, 0.3) is 0 Å². The molecule has 96 valence electrons. The van der Waals surface area contributed by atoms with Gasteiger partial charge in [0.15, 0.2) is 0 Å². The first-order valence-corrected chi connectivity index (χ1v) is 7.18. The minimum absolute atomic E-state index is 0.293. The van der Waals surface area contributed by atoms with Gasteiger partial charge in [-0.3, -0.25) is 0 Å². The summed E-state index contributed by atoms with van der Waals surface area (Å²) in [5.74, 6) is 2.03. The predicted molar refractivity (Wildman–Crippen MR) is 77.9 cm³/mol. The van der Waals surface area contributed by atoms with Crippen molar-refractivity contribution in [3.8, 4) is 11.4 Å². The molecule has 0 aliphatic heterocycles. The van der Waals surface area contributed by atoms with Crippen molar-refractivity contribution < 1.29 is 0 Å². The number of thioether (sulfide) groups is 1. The molecule has 0 saturated heterocycles. The lowest BCUT2D eigenvalue weighted by molar-refractivity contribution is 0.637. The van der Waals surface area contributed by atoms with E-state index in [-0.39, 0.29) is 0 Å². The van der Waals surface area contributed by atoms with Crippen LogP contribution in [-0.2, 0) is 0 Å². The second-order valence-corrected chi connectivity index (χ2v) is 5.49. The number of rotatable bonds is 5. The van der Waals surface area contributed by atoms with E-state index < -0.39 is 0 Å². The molecule has 0 radical (unpaired) electrons. The Morgan fingerprint density at radius 3 is 2.67 bits per heavy atom. The minimum Gasteiger partial charge on any atom is -0.341 e. The highest BCUT2D eigenvalue weighted by molar-refractivity contribution is 7.99. The van der Waals surface area contributed by atoms with Gasteiger partial charge in [-0.1, -0.05) is 19.1 Å². The van der Waals surface area contributed by atoms with E-state index in [0.29, 0.717) is 6.04 Å². The van der Waals surface area contributed by atoms with Crippen LogP contribution in [0.1, 0.15) is 25.6 Å². The van der Waals surface area contributed by atoms with E-state index in [9.17, 15) is 0 Å². The zero-order valence-electron chi connectivity index (χ0n) is 11.0. The maximum atomic E-state index is 4.43. The molecule has 2 aromatic rings. The van der Waals surface area contributed by atoms with Crippen molar-refractivity contribution in [3.63, 3.8) is 0 Å². The Balaban J connectivity index is 2.18. The van der Waals surface area contributed by atoms with Crippen molar-refractivity contribution in [1.29, 1.82) is 0 Å². The Morgan fingerprint density at radius 1 is 1.33 bits per heavy atom. The Bertz CT molecular complexity index is 490. The average Bonchev–Trinajstić information content (AvgIpc) is 2.89. The monoisotopic (exact) mass is 261 g/mol. The summed E-state index contributed by atoms with van der Waals surface area (Å²) in [6.07, 6.45) is 1.89. The van der Waals surface area contributed by atoms with Gasteiger partial charge < -0.3 is 10.3 Å².